The minimum Gasteiger partial charge on any atom is -0.468 e. The predicted octanol–water partition coefficient (Wildman–Crippen LogP) is 4.50. The highest BCUT2D eigenvalue weighted by molar-refractivity contribution is 5.97. The maximum absolute atomic E-state index is 12.5. The highest BCUT2D eigenvalue weighted by atomic mass is 19.4. The van der Waals surface area contributed by atoms with Crippen LogP contribution in [0.5, 0.6) is 5.88 Å². The Morgan fingerprint density at radius 2 is 2.00 bits per heavy atom. The van der Waals surface area contributed by atoms with Crippen molar-refractivity contribution < 1.29 is 22.7 Å². The van der Waals surface area contributed by atoms with E-state index in [2.05, 4.69) is 9.97 Å². The SMILES string of the molecule is O=C(Cc1cnc(OCC(F)(F)F)c(C2CCCC2)c1)c1cccnc1. The fourth-order valence-electron chi connectivity index (χ4n) is 3.23. The van der Waals surface area contributed by atoms with E-state index in [9.17, 15) is 18.0 Å². The van der Waals surface area contributed by atoms with Crippen molar-refractivity contribution in [3.63, 3.8) is 0 Å². The first-order valence-corrected chi connectivity index (χ1v) is 8.54. The van der Waals surface area contributed by atoms with Crippen molar-refractivity contribution in [2.75, 3.05) is 6.61 Å². The molecule has 0 spiro atoms. The number of carbonyl (C=O) groups is 1. The van der Waals surface area contributed by atoms with Crippen molar-refractivity contribution in [2.24, 2.45) is 0 Å². The Labute approximate surface area is 149 Å². The van der Waals surface area contributed by atoms with E-state index in [0.717, 1.165) is 25.7 Å². The lowest BCUT2D eigenvalue weighted by Crippen LogP contribution is -2.20. The third-order valence-corrected chi connectivity index (χ3v) is 4.45. The van der Waals surface area contributed by atoms with Gasteiger partial charge in [-0.15, -0.1) is 0 Å². The minimum absolute atomic E-state index is 0.0202. The molecule has 0 radical (unpaired) electrons. The summed E-state index contributed by atoms with van der Waals surface area (Å²) < 4.78 is 42.4. The molecule has 2 heterocycles. The van der Waals surface area contributed by atoms with Crippen LogP contribution in [0.15, 0.2) is 36.8 Å². The van der Waals surface area contributed by atoms with Crippen molar-refractivity contribution in [3.05, 3.63) is 53.5 Å². The van der Waals surface area contributed by atoms with E-state index in [1.165, 1.54) is 12.4 Å². The maximum atomic E-state index is 12.5. The molecular weight excluding hydrogens is 345 g/mol. The van der Waals surface area contributed by atoms with Gasteiger partial charge in [0.25, 0.3) is 0 Å². The average Bonchev–Trinajstić information content (AvgIpc) is 3.15. The van der Waals surface area contributed by atoms with Crippen LogP contribution in [0, 0.1) is 0 Å². The molecule has 0 saturated heterocycles. The Morgan fingerprint density at radius 1 is 1.23 bits per heavy atom. The number of nitrogens with zero attached hydrogens (tertiary/aromatic N) is 2. The molecule has 0 unspecified atom stereocenters. The number of rotatable bonds is 6. The first kappa shape index (κ1) is 18.4. The van der Waals surface area contributed by atoms with E-state index < -0.39 is 12.8 Å². The number of carbonyl (C=O) groups excluding carboxylic acids is 1. The van der Waals surface area contributed by atoms with Crippen LogP contribution in [0.3, 0.4) is 0 Å². The molecule has 1 saturated carbocycles. The van der Waals surface area contributed by atoms with Gasteiger partial charge in [-0.05, 0) is 42.5 Å². The molecule has 0 amide bonds. The molecule has 3 rings (SSSR count). The molecular formula is C19H19F3N2O2. The van der Waals surface area contributed by atoms with E-state index in [1.54, 1.807) is 24.4 Å². The predicted molar refractivity (Wildman–Crippen MR) is 89.3 cm³/mol. The van der Waals surface area contributed by atoms with Crippen LogP contribution in [-0.4, -0.2) is 28.5 Å². The van der Waals surface area contributed by atoms with Crippen LogP contribution in [0.25, 0.3) is 0 Å². The third kappa shape index (κ3) is 4.80. The summed E-state index contributed by atoms with van der Waals surface area (Å²) in [6.07, 6.45) is 4.05. The zero-order valence-corrected chi connectivity index (χ0v) is 14.1. The fraction of sp³-hybridized carbons (Fsp3) is 0.421. The summed E-state index contributed by atoms with van der Waals surface area (Å²) in [5, 5.41) is 0. The summed E-state index contributed by atoms with van der Waals surface area (Å²) in [4.78, 5) is 20.4. The van der Waals surface area contributed by atoms with Crippen molar-refractivity contribution in [1.29, 1.82) is 0 Å². The molecule has 0 atom stereocenters. The zero-order valence-electron chi connectivity index (χ0n) is 14.1. The topological polar surface area (TPSA) is 52.1 Å². The van der Waals surface area contributed by atoms with Crippen LogP contribution >= 0.6 is 0 Å². The summed E-state index contributed by atoms with van der Waals surface area (Å²) in [6.45, 7) is -1.37. The Morgan fingerprint density at radius 3 is 2.65 bits per heavy atom. The van der Waals surface area contributed by atoms with Gasteiger partial charge in [0.15, 0.2) is 12.4 Å². The number of aromatic nitrogens is 2. The standard InChI is InChI=1S/C19H19F3N2O2/c20-19(21,22)12-26-18-16(14-4-1-2-5-14)8-13(10-24-18)9-17(25)15-6-3-7-23-11-15/h3,6-8,10-11,14H,1-2,4-5,9,12H2. The van der Waals surface area contributed by atoms with Crippen LogP contribution < -0.4 is 4.74 Å². The Hall–Kier alpha value is -2.44. The van der Waals surface area contributed by atoms with Crippen molar-refractivity contribution >= 4 is 5.78 Å². The van der Waals surface area contributed by atoms with Crippen molar-refractivity contribution in [2.45, 2.75) is 44.2 Å². The lowest BCUT2D eigenvalue weighted by Gasteiger charge is -2.17. The monoisotopic (exact) mass is 364 g/mol. The molecule has 1 aliphatic carbocycles. The number of halogens is 3. The normalized spacial score (nSPS) is 15.2. The number of hydrogen-bond acceptors (Lipinski definition) is 4. The first-order valence-electron chi connectivity index (χ1n) is 8.54. The Kier molecular flexibility index (Phi) is 5.54. The second-order valence-electron chi connectivity index (χ2n) is 6.46. The molecule has 26 heavy (non-hydrogen) atoms. The van der Waals surface area contributed by atoms with E-state index in [0.29, 0.717) is 16.7 Å². The molecule has 0 bridgehead atoms. The Bertz CT molecular complexity index is 757. The summed E-state index contributed by atoms with van der Waals surface area (Å²) in [7, 11) is 0. The van der Waals surface area contributed by atoms with Gasteiger partial charge in [0.05, 0.1) is 0 Å². The van der Waals surface area contributed by atoms with Crippen LogP contribution in [0.4, 0.5) is 13.2 Å². The molecule has 1 aliphatic rings. The van der Waals surface area contributed by atoms with Crippen molar-refractivity contribution in [3.8, 4) is 5.88 Å². The van der Waals surface area contributed by atoms with Gasteiger partial charge < -0.3 is 4.74 Å². The third-order valence-electron chi connectivity index (χ3n) is 4.45. The summed E-state index contributed by atoms with van der Waals surface area (Å²) in [6, 6.07) is 5.13. The van der Waals surface area contributed by atoms with Gasteiger partial charge >= 0.3 is 6.18 Å². The van der Waals surface area contributed by atoms with E-state index >= 15 is 0 Å². The van der Waals surface area contributed by atoms with Gasteiger partial charge in [-0.2, -0.15) is 13.2 Å². The van der Waals surface area contributed by atoms with Gasteiger partial charge in [0.2, 0.25) is 5.88 Å². The molecule has 0 aromatic carbocycles. The van der Waals surface area contributed by atoms with Crippen molar-refractivity contribution in [1.82, 2.24) is 9.97 Å². The lowest BCUT2D eigenvalue weighted by atomic mass is 9.96. The highest BCUT2D eigenvalue weighted by Gasteiger charge is 2.30. The number of alkyl halides is 3. The number of pyridine rings is 2. The second-order valence-corrected chi connectivity index (χ2v) is 6.46. The number of hydrogen-bond donors (Lipinski definition) is 0. The molecule has 1 fully saturated rings. The first-order chi connectivity index (χ1) is 12.4. The second kappa shape index (κ2) is 7.85. The number of ether oxygens (including phenoxy) is 1. The van der Waals surface area contributed by atoms with E-state index in [4.69, 9.17) is 4.74 Å². The summed E-state index contributed by atoms with van der Waals surface area (Å²) >= 11 is 0. The number of Topliss-reactive ketones (excluding diaryl/α,β-unsaturated/α-hetero) is 1. The van der Waals surface area contributed by atoms with Crippen LogP contribution in [0.2, 0.25) is 0 Å². The minimum atomic E-state index is -4.41. The molecule has 0 aliphatic heterocycles. The zero-order chi connectivity index (χ0) is 18.6. The van der Waals surface area contributed by atoms with E-state index in [-0.39, 0.29) is 24.0 Å². The summed E-state index contributed by atoms with van der Waals surface area (Å²) in [5.41, 5.74) is 1.83. The summed E-state index contributed by atoms with van der Waals surface area (Å²) in [5.74, 6) is 0.0345. The van der Waals surface area contributed by atoms with Gasteiger partial charge in [-0.25, -0.2) is 4.98 Å². The average molecular weight is 364 g/mol. The maximum Gasteiger partial charge on any atom is 0.422 e. The molecule has 2 aromatic heterocycles. The smallest absolute Gasteiger partial charge is 0.422 e. The quantitative estimate of drug-likeness (QED) is 0.708. The molecule has 2 aromatic rings. The van der Waals surface area contributed by atoms with Crippen LogP contribution in [-0.2, 0) is 6.42 Å². The fourth-order valence-corrected chi connectivity index (χ4v) is 3.23. The van der Waals surface area contributed by atoms with Gasteiger partial charge in [-0.3, -0.25) is 9.78 Å². The highest BCUT2D eigenvalue weighted by Crippen LogP contribution is 2.38. The van der Waals surface area contributed by atoms with Crippen LogP contribution in [0.1, 0.15) is 53.1 Å². The molecule has 7 heteroatoms. The molecule has 4 nitrogen and oxygen atoms in total. The van der Waals surface area contributed by atoms with E-state index in [1.807, 2.05) is 0 Å². The lowest BCUT2D eigenvalue weighted by molar-refractivity contribution is -0.154. The number of ketones is 1. The molecule has 0 N–H and O–H groups in total. The largest absolute Gasteiger partial charge is 0.468 e. The Balaban J connectivity index is 1.81. The van der Waals surface area contributed by atoms with Gasteiger partial charge in [-0.1, -0.05) is 12.8 Å². The van der Waals surface area contributed by atoms with Gasteiger partial charge in [0, 0.05) is 36.1 Å². The molecule has 138 valence electrons. The van der Waals surface area contributed by atoms with Gasteiger partial charge in [0.1, 0.15) is 0 Å².